The Morgan fingerprint density at radius 1 is 1.36 bits per heavy atom. The molecule has 2 bridgehead atoms. The van der Waals surface area contributed by atoms with Crippen LogP contribution in [0.25, 0.3) is 0 Å². The van der Waals surface area contributed by atoms with Crippen LogP contribution in [0.2, 0.25) is 0 Å². The zero-order valence-electron chi connectivity index (χ0n) is 13.2. The van der Waals surface area contributed by atoms with E-state index in [2.05, 4.69) is 18.7 Å². The van der Waals surface area contributed by atoms with Crippen LogP contribution in [0.4, 0.5) is 0 Å². The van der Waals surface area contributed by atoms with Gasteiger partial charge in [-0.05, 0) is 66.8 Å². The van der Waals surface area contributed by atoms with E-state index < -0.39 is 0 Å². The SMILES string of the molecule is C[C@@H]1[C@@H]2C(=O)c3ccc(O)cc3[C@]1(C)CCN2CC1CC1.Cl. The molecule has 4 heteroatoms. The van der Waals surface area contributed by atoms with Crippen LogP contribution < -0.4 is 0 Å². The molecule has 0 radical (unpaired) electrons. The van der Waals surface area contributed by atoms with Crippen molar-refractivity contribution >= 4 is 18.2 Å². The summed E-state index contributed by atoms with van der Waals surface area (Å²) in [5.41, 5.74) is 1.90. The lowest BCUT2D eigenvalue weighted by Gasteiger charge is -2.53. The summed E-state index contributed by atoms with van der Waals surface area (Å²) in [7, 11) is 0. The molecule has 1 saturated heterocycles. The molecule has 1 heterocycles. The van der Waals surface area contributed by atoms with E-state index in [1.165, 1.54) is 12.8 Å². The number of ketones is 1. The van der Waals surface area contributed by atoms with Gasteiger partial charge in [-0.1, -0.05) is 13.8 Å². The molecule has 0 spiro atoms. The molecule has 3 nitrogen and oxygen atoms in total. The Hall–Kier alpha value is -1.06. The van der Waals surface area contributed by atoms with Crippen molar-refractivity contribution < 1.29 is 9.90 Å². The van der Waals surface area contributed by atoms with Crippen LogP contribution in [0.5, 0.6) is 5.75 Å². The van der Waals surface area contributed by atoms with Gasteiger partial charge in [0.15, 0.2) is 5.78 Å². The zero-order chi connectivity index (χ0) is 14.8. The third-order valence-corrected chi connectivity index (χ3v) is 6.13. The third-order valence-electron chi connectivity index (χ3n) is 6.13. The number of hydrogen-bond donors (Lipinski definition) is 1. The number of carbonyl (C=O) groups excluding carboxylic acids is 1. The normalized spacial score (nSPS) is 34.0. The van der Waals surface area contributed by atoms with E-state index in [1.807, 2.05) is 12.1 Å². The Kier molecular flexibility index (Phi) is 3.77. The monoisotopic (exact) mass is 321 g/mol. The van der Waals surface area contributed by atoms with Crippen LogP contribution in [0.3, 0.4) is 0 Å². The van der Waals surface area contributed by atoms with Crippen LogP contribution >= 0.6 is 12.4 Å². The molecule has 2 aliphatic carbocycles. The van der Waals surface area contributed by atoms with Crippen molar-refractivity contribution in [3.63, 3.8) is 0 Å². The minimum absolute atomic E-state index is 0. The number of phenolic OH excluding ortho intramolecular Hbond substituents is 1. The van der Waals surface area contributed by atoms with Crippen LogP contribution in [-0.4, -0.2) is 34.9 Å². The second kappa shape index (κ2) is 5.24. The molecule has 1 aromatic carbocycles. The maximum atomic E-state index is 13.0. The van der Waals surface area contributed by atoms with Crippen LogP contribution in [0.1, 0.15) is 49.0 Å². The van der Waals surface area contributed by atoms with Gasteiger partial charge in [0.2, 0.25) is 0 Å². The van der Waals surface area contributed by atoms with Gasteiger partial charge in [0, 0.05) is 12.1 Å². The predicted octanol–water partition coefficient (Wildman–Crippen LogP) is 3.39. The minimum Gasteiger partial charge on any atom is -0.508 e. The summed E-state index contributed by atoms with van der Waals surface area (Å²) in [5, 5.41) is 9.83. The summed E-state index contributed by atoms with van der Waals surface area (Å²) in [4.78, 5) is 15.4. The molecule has 4 rings (SSSR count). The van der Waals surface area contributed by atoms with Crippen molar-refractivity contribution in [2.45, 2.75) is 44.6 Å². The van der Waals surface area contributed by atoms with Gasteiger partial charge in [-0.25, -0.2) is 0 Å². The average molecular weight is 322 g/mol. The van der Waals surface area contributed by atoms with Crippen molar-refractivity contribution in [1.82, 2.24) is 4.90 Å². The minimum atomic E-state index is 0. The van der Waals surface area contributed by atoms with E-state index in [1.54, 1.807) is 6.07 Å². The smallest absolute Gasteiger partial charge is 0.180 e. The van der Waals surface area contributed by atoms with Crippen molar-refractivity contribution in [3.8, 4) is 5.75 Å². The van der Waals surface area contributed by atoms with Gasteiger partial charge in [0.1, 0.15) is 5.75 Å². The Morgan fingerprint density at radius 2 is 2.09 bits per heavy atom. The standard InChI is InChI=1S/C18H23NO2.ClH/c1-11-16-17(21)14-6-5-13(20)9-15(14)18(11,2)7-8-19(16)10-12-3-4-12;/h5-6,9,11-12,16,20H,3-4,7-8,10H2,1-2H3;1H/t11-,16-,18-;/m1./s1. The lowest BCUT2D eigenvalue weighted by Crippen LogP contribution is -2.61. The van der Waals surface area contributed by atoms with Gasteiger partial charge in [0.05, 0.1) is 6.04 Å². The van der Waals surface area contributed by atoms with Gasteiger partial charge in [-0.15, -0.1) is 12.4 Å². The highest BCUT2D eigenvalue weighted by molar-refractivity contribution is 6.03. The quantitative estimate of drug-likeness (QED) is 0.907. The lowest BCUT2D eigenvalue weighted by atomic mass is 9.58. The summed E-state index contributed by atoms with van der Waals surface area (Å²) in [6, 6.07) is 5.32. The number of nitrogens with zero attached hydrogens (tertiary/aromatic N) is 1. The number of fused-ring (bicyclic) bond motifs is 4. The average Bonchev–Trinajstić information content (AvgIpc) is 3.25. The largest absolute Gasteiger partial charge is 0.508 e. The molecule has 0 unspecified atom stereocenters. The van der Waals surface area contributed by atoms with E-state index >= 15 is 0 Å². The number of halogens is 1. The summed E-state index contributed by atoms with van der Waals surface area (Å²) >= 11 is 0. The molecule has 0 aromatic heterocycles. The molecule has 0 amide bonds. The van der Waals surface area contributed by atoms with E-state index in [0.29, 0.717) is 5.92 Å². The molecule has 1 aliphatic heterocycles. The molecule has 3 atom stereocenters. The van der Waals surface area contributed by atoms with Gasteiger partial charge < -0.3 is 5.11 Å². The summed E-state index contributed by atoms with van der Waals surface area (Å²) in [6.45, 7) is 6.57. The van der Waals surface area contributed by atoms with E-state index in [0.717, 1.165) is 36.6 Å². The van der Waals surface area contributed by atoms with Gasteiger partial charge in [-0.2, -0.15) is 0 Å². The predicted molar refractivity (Wildman–Crippen MR) is 88.9 cm³/mol. The van der Waals surface area contributed by atoms with Gasteiger partial charge in [0.25, 0.3) is 0 Å². The number of carbonyl (C=O) groups is 1. The molecule has 120 valence electrons. The first kappa shape index (κ1) is 15.8. The first-order valence-electron chi connectivity index (χ1n) is 8.12. The van der Waals surface area contributed by atoms with E-state index in [4.69, 9.17) is 0 Å². The van der Waals surface area contributed by atoms with Crippen LogP contribution in [0, 0.1) is 11.8 Å². The van der Waals surface area contributed by atoms with Crippen molar-refractivity contribution in [2.75, 3.05) is 13.1 Å². The second-order valence-corrected chi connectivity index (χ2v) is 7.43. The van der Waals surface area contributed by atoms with Crippen molar-refractivity contribution in [1.29, 1.82) is 0 Å². The van der Waals surface area contributed by atoms with E-state index in [9.17, 15) is 9.90 Å². The fourth-order valence-electron chi connectivity index (χ4n) is 4.40. The molecule has 1 aromatic rings. The molecular weight excluding hydrogens is 298 g/mol. The highest BCUT2D eigenvalue weighted by Gasteiger charge is 2.52. The van der Waals surface area contributed by atoms with Crippen molar-refractivity contribution in [3.05, 3.63) is 29.3 Å². The second-order valence-electron chi connectivity index (χ2n) is 7.43. The maximum absolute atomic E-state index is 13.0. The number of piperidine rings is 1. The molecule has 3 aliphatic rings. The number of hydrogen-bond acceptors (Lipinski definition) is 3. The number of phenols is 1. The number of benzene rings is 1. The van der Waals surface area contributed by atoms with Crippen LogP contribution in [-0.2, 0) is 5.41 Å². The van der Waals surface area contributed by atoms with Gasteiger partial charge >= 0.3 is 0 Å². The fraction of sp³-hybridized carbons (Fsp3) is 0.611. The number of likely N-dealkylation sites (tertiary alicyclic amines) is 1. The number of rotatable bonds is 2. The summed E-state index contributed by atoms with van der Waals surface area (Å²) < 4.78 is 0. The molecule has 1 N–H and O–H groups in total. The highest BCUT2D eigenvalue weighted by Crippen LogP contribution is 2.49. The molecule has 2 fully saturated rings. The Balaban J connectivity index is 0.00000144. The Morgan fingerprint density at radius 3 is 2.77 bits per heavy atom. The van der Waals surface area contributed by atoms with Crippen LogP contribution in [0.15, 0.2) is 18.2 Å². The Bertz CT molecular complexity index is 613. The van der Waals surface area contributed by atoms with Gasteiger partial charge in [-0.3, -0.25) is 9.69 Å². The molecule has 1 saturated carbocycles. The van der Waals surface area contributed by atoms with E-state index in [-0.39, 0.29) is 35.4 Å². The molecule has 22 heavy (non-hydrogen) atoms. The summed E-state index contributed by atoms with van der Waals surface area (Å²) in [6.07, 6.45) is 3.72. The number of aromatic hydroxyl groups is 1. The maximum Gasteiger partial charge on any atom is 0.180 e. The zero-order valence-corrected chi connectivity index (χ0v) is 14.0. The fourth-order valence-corrected chi connectivity index (χ4v) is 4.40. The highest BCUT2D eigenvalue weighted by atomic mass is 35.5. The first-order chi connectivity index (χ1) is 10.0. The lowest BCUT2D eigenvalue weighted by molar-refractivity contribution is 0.0265. The number of Topliss-reactive ketones (excluding diaryl/α,β-unsaturated/α-hetero) is 1. The summed E-state index contributed by atoms with van der Waals surface area (Å²) in [5.74, 6) is 1.66. The molecular formula is C18H24ClNO2. The third kappa shape index (κ3) is 2.17. The topological polar surface area (TPSA) is 40.5 Å². The first-order valence-corrected chi connectivity index (χ1v) is 8.12. The van der Waals surface area contributed by atoms with Crippen molar-refractivity contribution in [2.24, 2.45) is 11.8 Å². The Labute approximate surface area is 138 Å².